The monoisotopic (exact) mass is 611 g/mol. The summed E-state index contributed by atoms with van der Waals surface area (Å²) in [6.45, 7) is 1.07. The fraction of sp³-hybridized carbons (Fsp3) is 0.406. The highest BCUT2D eigenvalue weighted by molar-refractivity contribution is 7.90. The van der Waals surface area contributed by atoms with Crippen LogP contribution in [0.2, 0.25) is 0 Å². The van der Waals surface area contributed by atoms with Crippen LogP contribution in [0.5, 0.6) is 11.5 Å². The molecule has 10 nitrogen and oxygen atoms in total. The van der Waals surface area contributed by atoms with Gasteiger partial charge in [-0.2, -0.15) is 0 Å². The normalized spacial score (nSPS) is 14.7. The van der Waals surface area contributed by atoms with Crippen LogP contribution in [0.1, 0.15) is 60.6 Å². The summed E-state index contributed by atoms with van der Waals surface area (Å²) in [5.41, 5.74) is 8.99. The summed E-state index contributed by atoms with van der Waals surface area (Å²) in [6, 6.07) is 19.8. The molecular formula is C32H41N3O7S. The molecule has 1 atom stereocenters. The van der Waals surface area contributed by atoms with Crippen LogP contribution in [0, 0.1) is 0 Å². The smallest absolute Gasteiger partial charge is 0.268 e. The summed E-state index contributed by atoms with van der Waals surface area (Å²) >= 11 is 0. The molecule has 1 saturated carbocycles. The van der Waals surface area contributed by atoms with Gasteiger partial charge in [-0.3, -0.25) is 4.79 Å². The second-order valence-electron chi connectivity index (χ2n) is 10.7. The van der Waals surface area contributed by atoms with Crippen molar-refractivity contribution in [2.75, 3.05) is 37.8 Å². The van der Waals surface area contributed by atoms with Crippen molar-refractivity contribution in [1.29, 1.82) is 0 Å². The van der Waals surface area contributed by atoms with Crippen molar-refractivity contribution in [2.45, 2.75) is 50.7 Å². The second-order valence-corrected chi connectivity index (χ2v) is 12.5. The zero-order valence-electron chi connectivity index (χ0n) is 24.2. The summed E-state index contributed by atoms with van der Waals surface area (Å²) in [4.78, 5) is 13.0. The highest BCUT2D eigenvalue weighted by Gasteiger charge is 2.23. The molecule has 0 bridgehead atoms. The van der Waals surface area contributed by atoms with Crippen molar-refractivity contribution in [2.24, 2.45) is 0 Å². The van der Waals surface area contributed by atoms with Crippen molar-refractivity contribution < 1.29 is 32.9 Å². The molecule has 1 amide bonds. The summed E-state index contributed by atoms with van der Waals surface area (Å²) in [5, 5.41) is 22.4. The lowest BCUT2D eigenvalue weighted by atomic mass is 9.97. The Kier molecular flexibility index (Phi) is 11.8. The molecule has 1 aliphatic rings. The number of carbonyl (C=O) groups is 1. The molecule has 6 N–H and O–H groups in total. The minimum Gasteiger partial charge on any atom is -0.492 e. The molecule has 1 fully saturated rings. The number of carbonyl (C=O) groups excluding carboxylic acids is 1. The predicted molar refractivity (Wildman–Crippen MR) is 167 cm³/mol. The van der Waals surface area contributed by atoms with Gasteiger partial charge < -0.3 is 30.7 Å². The molecule has 11 heteroatoms. The molecule has 0 unspecified atom stereocenters. The number of nitrogens with two attached hydrogens (primary N) is 1. The summed E-state index contributed by atoms with van der Waals surface area (Å²) in [5.74, 6) is -0.0739. The van der Waals surface area contributed by atoms with E-state index in [1.165, 1.54) is 0 Å². The van der Waals surface area contributed by atoms with Gasteiger partial charge >= 0.3 is 0 Å². The average molecular weight is 612 g/mol. The third kappa shape index (κ3) is 9.96. The highest BCUT2D eigenvalue weighted by Crippen LogP contribution is 2.32. The Morgan fingerprint density at radius 3 is 2.37 bits per heavy atom. The average Bonchev–Trinajstić information content (AvgIpc) is 3.00. The van der Waals surface area contributed by atoms with Crippen LogP contribution in [-0.2, 0) is 10.0 Å². The number of benzene rings is 3. The Labute approximate surface area is 253 Å². The Morgan fingerprint density at radius 1 is 0.977 bits per heavy atom. The molecular weight excluding hydrogens is 570 g/mol. The van der Waals surface area contributed by atoms with Crippen LogP contribution in [-0.4, -0.2) is 62.7 Å². The van der Waals surface area contributed by atoms with E-state index in [-0.39, 0.29) is 30.4 Å². The van der Waals surface area contributed by atoms with Gasteiger partial charge in [-0.15, -0.1) is 0 Å². The molecule has 0 aliphatic heterocycles. The van der Waals surface area contributed by atoms with Gasteiger partial charge in [0.2, 0.25) is 10.0 Å². The molecule has 43 heavy (non-hydrogen) atoms. The summed E-state index contributed by atoms with van der Waals surface area (Å²) < 4.78 is 38.8. The van der Waals surface area contributed by atoms with E-state index in [2.05, 4.69) is 10.0 Å². The lowest BCUT2D eigenvalue weighted by molar-refractivity contribution is 0.0969. The van der Waals surface area contributed by atoms with E-state index in [4.69, 9.17) is 20.3 Å². The number of nitrogens with one attached hydrogen (secondary N) is 2. The fourth-order valence-corrected chi connectivity index (χ4v) is 5.91. The van der Waals surface area contributed by atoms with E-state index in [0.29, 0.717) is 36.9 Å². The number of hydrogen-bond acceptors (Lipinski definition) is 9. The zero-order valence-corrected chi connectivity index (χ0v) is 25.0. The van der Waals surface area contributed by atoms with Gasteiger partial charge in [-0.1, -0.05) is 36.8 Å². The molecule has 0 saturated heterocycles. The molecule has 0 heterocycles. The predicted octanol–water partition coefficient (Wildman–Crippen LogP) is 3.79. The molecule has 3 aromatic rings. The third-order valence-electron chi connectivity index (χ3n) is 7.29. The maximum absolute atomic E-state index is 13.0. The van der Waals surface area contributed by atoms with E-state index >= 15 is 0 Å². The minimum atomic E-state index is -3.89. The number of aliphatic hydroxyl groups is 2. The van der Waals surface area contributed by atoms with E-state index in [0.717, 1.165) is 48.8 Å². The molecule has 0 aromatic heterocycles. The van der Waals surface area contributed by atoms with Crippen molar-refractivity contribution in [1.82, 2.24) is 10.0 Å². The molecule has 1 aliphatic carbocycles. The quantitative estimate of drug-likeness (QED) is 0.127. The van der Waals surface area contributed by atoms with E-state index in [9.17, 15) is 18.3 Å². The maximum Gasteiger partial charge on any atom is 0.268 e. The Balaban J connectivity index is 1.37. The first-order valence-corrected chi connectivity index (χ1v) is 16.3. The van der Waals surface area contributed by atoms with E-state index in [1.807, 2.05) is 24.3 Å². The number of anilines is 1. The van der Waals surface area contributed by atoms with E-state index in [1.54, 1.807) is 42.5 Å². The van der Waals surface area contributed by atoms with Gasteiger partial charge in [0.05, 0.1) is 23.5 Å². The third-order valence-corrected chi connectivity index (χ3v) is 8.61. The largest absolute Gasteiger partial charge is 0.492 e. The molecule has 232 valence electrons. The topological polar surface area (TPSA) is 160 Å². The zero-order chi connectivity index (χ0) is 30.7. The van der Waals surface area contributed by atoms with Crippen molar-refractivity contribution in [3.8, 4) is 22.6 Å². The Bertz CT molecular complexity index is 1420. The van der Waals surface area contributed by atoms with Gasteiger partial charge in [0.1, 0.15) is 18.1 Å². The molecule has 0 radical (unpaired) electrons. The summed E-state index contributed by atoms with van der Waals surface area (Å²) in [7, 11) is -3.89. The number of nitrogen functional groups attached to an aromatic ring is 1. The number of aliphatic hydroxyl groups excluding tert-OH is 2. The fourth-order valence-electron chi connectivity index (χ4n) is 4.91. The molecule has 3 aromatic carbocycles. The van der Waals surface area contributed by atoms with Gasteiger partial charge in [-0.25, -0.2) is 13.1 Å². The Hall–Kier alpha value is -3.64. The number of rotatable bonds is 15. The van der Waals surface area contributed by atoms with Gasteiger partial charge in [0.25, 0.3) is 5.91 Å². The summed E-state index contributed by atoms with van der Waals surface area (Å²) in [6.07, 6.45) is 4.34. The minimum absolute atomic E-state index is 0.0385. The van der Waals surface area contributed by atoms with Crippen molar-refractivity contribution >= 4 is 21.6 Å². The van der Waals surface area contributed by atoms with Crippen LogP contribution in [0.3, 0.4) is 0 Å². The van der Waals surface area contributed by atoms with Gasteiger partial charge in [-0.05, 0) is 85.2 Å². The van der Waals surface area contributed by atoms with Gasteiger partial charge in [0, 0.05) is 25.4 Å². The van der Waals surface area contributed by atoms with E-state index < -0.39 is 22.0 Å². The van der Waals surface area contributed by atoms with Crippen molar-refractivity contribution in [3.05, 3.63) is 77.9 Å². The lowest BCUT2D eigenvalue weighted by Gasteiger charge is -2.24. The van der Waals surface area contributed by atoms with Gasteiger partial charge in [0.15, 0.2) is 0 Å². The maximum atomic E-state index is 13.0. The molecule has 4 rings (SSSR count). The van der Waals surface area contributed by atoms with Crippen LogP contribution in [0.15, 0.2) is 66.7 Å². The standard InChI is InChI=1S/C32H41N3O7S/c33-26-12-7-24(8-13-26)30(37)22-34-17-19-41-27-14-9-23(10-15-27)25-11-16-29(32(38)35-43(39,40)20-4-18-36)31(21-25)42-28-5-2-1-3-6-28/h7-16,21,28,30,34,36-37H,1-6,17-20,22,33H2,(H,35,38)/t30-/m0/s1. The van der Waals surface area contributed by atoms with Crippen LogP contribution in [0.4, 0.5) is 5.69 Å². The van der Waals surface area contributed by atoms with Crippen LogP contribution in [0.25, 0.3) is 11.1 Å². The first-order valence-electron chi connectivity index (χ1n) is 14.7. The van der Waals surface area contributed by atoms with Crippen LogP contribution < -0.4 is 25.2 Å². The lowest BCUT2D eigenvalue weighted by Crippen LogP contribution is -2.33. The first-order chi connectivity index (χ1) is 20.7. The van der Waals surface area contributed by atoms with Crippen LogP contribution >= 0.6 is 0 Å². The first kappa shape index (κ1) is 32.3. The van der Waals surface area contributed by atoms with Crippen molar-refractivity contribution in [3.63, 3.8) is 0 Å². The number of ether oxygens (including phenoxy) is 2. The highest BCUT2D eigenvalue weighted by atomic mass is 32.2. The Morgan fingerprint density at radius 2 is 1.67 bits per heavy atom. The SMILES string of the molecule is Nc1ccc([C@@H](O)CNCCOc2ccc(-c3ccc(C(=O)NS(=O)(=O)CCCO)c(OC4CCCCC4)c3)cc2)cc1. The number of hydrogen-bond donors (Lipinski definition) is 5. The number of sulfonamides is 1. The number of amides is 1. The second kappa shape index (κ2) is 15.7. The molecule has 0 spiro atoms.